The van der Waals surface area contributed by atoms with Gasteiger partial charge < -0.3 is 9.84 Å². The lowest BCUT2D eigenvalue weighted by molar-refractivity contribution is -0.144. The molecule has 0 aliphatic rings. The lowest BCUT2D eigenvalue weighted by Crippen LogP contribution is -2.15. The molecule has 105 valence electrons. The van der Waals surface area contributed by atoms with E-state index in [1.807, 2.05) is 0 Å². The number of carbonyl (C=O) groups excluding carboxylic acids is 1. The number of hydrogen-bond donors (Lipinski definition) is 1. The van der Waals surface area contributed by atoms with Gasteiger partial charge in [-0.3, -0.25) is 4.79 Å². The maximum Gasteiger partial charge on any atom is 0.310 e. The summed E-state index contributed by atoms with van der Waals surface area (Å²) in [5, 5.41) is 9.27. The zero-order chi connectivity index (χ0) is 14.1. The zero-order valence-corrected chi connectivity index (χ0v) is 11.8. The molecule has 1 aromatic rings. The Bertz CT molecular complexity index is 387. The normalized spacial score (nSPS) is 12.1. The van der Waals surface area contributed by atoms with E-state index in [0.717, 1.165) is 18.4 Å². The highest BCUT2D eigenvalue weighted by Crippen LogP contribution is 2.14. The minimum atomic E-state index is -0.236. The maximum absolute atomic E-state index is 11.7. The standard InChI is InChI=1S/C16H23O3/c1-3-5-7-13(4-2)12-19-16(18)11-14-8-6-9-15(17)10-14/h6,8,10,13,17H,3-5,7,11-12H2,1-2H3. The van der Waals surface area contributed by atoms with Crippen molar-refractivity contribution < 1.29 is 14.6 Å². The van der Waals surface area contributed by atoms with Gasteiger partial charge in [0.2, 0.25) is 0 Å². The van der Waals surface area contributed by atoms with Crippen molar-refractivity contribution in [3.05, 3.63) is 29.8 Å². The van der Waals surface area contributed by atoms with Crippen LogP contribution in [0, 0.1) is 12.0 Å². The number of ether oxygens (including phenoxy) is 1. The number of rotatable bonds is 8. The molecule has 0 heterocycles. The summed E-state index contributed by atoms with van der Waals surface area (Å²) in [5.74, 6) is 0.279. The van der Waals surface area contributed by atoms with Crippen LogP contribution in [0.5, 0.6) is 5.75 Å². The number of carbonyl (C=O) groups is 1. The van der Waals surface area contributed by atoms with Gasteiger partial charge in [0.1, 0.15) is 5.75 Å². The molecule has 1 radical (unpaired) electrons. The Morgan fingerprint density at radius 2 is 2.26 bits per heavy atom. The van der Waals surface area contributed by atoms with Crippen LogP contribution in [0.1, 0.15) is 45.1 Å². The third kappa shape index (κ3) is 6.27. The van der Waals surface area contributed by atoms with Crippen molar-refractivity contribution in [2.75, 3.05) is 6.61 Å². The third-order valence-corrected chi connectivity index (χ3v) is 3.22. The lowest BCUT2D eigenvalue weighted by atomic mass is 10.0. The first kappa shape index (κ1) is 15.5. The monoisotopic (exact) mass is 263 g/mol. The van der Waals surface area contributed by atoms with Gasteiger partial charge in [-0.25, -0.2) is 0 Å². The highest BCUT2D eigenvalue weighted by atomic mass is 16.5. The average molecular weight is 263 g/mol. The van der Waals surface area contributed by atoms with Gasteiger partial charge in [0.15, 0.2) is 0 Å². The molecule has 1 atom stereocenters. The van der Waals surface area contributed by atoms with Gasteiger partial charge in [-0.15, -0.1) is 0 Å². The van der Waals surface area contributed by atoms with Crippen molar-refractivity contribution in [3.8, 4) is 5.75 Å². The number of hydrogen-bond acceptors (Lipinski definition) is 3. The molecule has 1 N–H and O–H groups in total. The number of aromatic hydroxyl groups is 1. The van der Waals surface area contributed by atoms with Crippen molar-refractivity contribution in [2.24, 2.45) is 5.92 Å². The van der Waals surface area contributed by atoms with Crippen LogP contribution < -0.4 is 0 Å². The van der Waals surface area contributed by atoms with E-state index >= 15 is 0 Å². The first-order chi connectivity index (χ1) is 9.15. The minimum absolute atomic E-state index is 0.0553. The number of phenolic OH excluding ortho intramolecular Hbond substituents is 1. The molecule has 3 nitrogen and oxygen atoms in total. The number of unbranched alkanes of at least 4 members (excludes halogenated alkanes) is 1. The quantitative estimate of drug-likeness (QED) is 0.730. The van der Waals surface area contributed by atoms with Crippen molar-refractivity contribution in [2.45, 2.75) is 46.0 Å². The molecule has 0 saturated heterocycles. The number of benzene rings is 1. The highest BCUT2D eigenvalue weighted by Gasteiger charge is 2.10. The molecule has 1 aromatic carbocycles. The summed E-state index contributed by atoms with van der Waals surface area (Å²) in [6.07, 6.45) is 4.70. The molecule has 19 heavy (non-hydrogen) atoms. The Balaban J connectivity index is 2.34. The van der Waals surface area contributed by atoms with E-state index in [1.54, 1.807) is 12.1 Å². The van der Waals surface area contributed by atoms with Gasteiger partial charge in [-0.1, -0.05) is 45.2 Å². The van der Waals surface area contributed by atoms with Crippen molar-refractivity contribution in [3.63, 3.8) is 0 Å². The van der Waals surface area contributed by atoms with Gasteiger partial charge in [0.25, 0.3) is 0 Å². The van der Waals surface area contributed by atoms with Crippen LogP contribution in [0.25, 0.3) is 0 Å². The predicted octanol–water partition coefficient (Wildman–Crippen LogP) is 3.49. The van der Waals surface area contributed by atoms with E-state index in [0.29, 0.717) is 12.5 Å². The van der Waals surface area contributed by atoms with Crippen molar-refractivity contribution in [1.82, 2.24) is 0 Å². The molecule has 0 aliphatic carbocycles. The van der Waals surface area contributed by atoms with E-state index in [2.05, 4.69) is 19.9 Å². The second-order valence-electron chi connectivity index (χ2n) is 4.86. The summed E-state index contributed by atoms with van der Waals surface area (Å²) in [6, 6.07) is 7.53. The van der Waals surface area contributed by atoms with Crippen LogP contribution in [0.3, 0.4) is 0 Å². The molecule has 0 fully saturated rings. The predicted molar refractivity (Wildman–Crippen MR) is 74.9 cm³/mol. The smallest absolute Gasteiger partial charge is 0.310 e. The molecule has 0 bridgehead atoms. The Kier molecular flexibility index (Phi) is 7.01. The fourth-order valence-corrected chi connectivity index (χ4v) is 1.94. The topological polar surface area (TPSA) is 46.5 Å². The Morgan fingerprint density at radius 3 is 2.89 bits per heavy atom. The van der Waals surface area contributed by atoms with E-state index in [-0.39, 0.29) is 18.1 Å². The van der Waals surface area contributed by atoms with E-state index in [9.17, 15) is 9.90 Å². The summed E-state index contributed by atoms with van der Waals surface area (Å²) in [4.78, 5) is 11.7. The van der Waals surface area contributed by atoms with Gasteiger partial charge >= 0.3 is 5.97 Å². The molecular weight excluding hydrogens is 240 g/mol. The second-order valence-corrected chi connectivity index (χ2v) is 4.86. The van der Waals surface area contributed by atoms with Crippen LogP contribution in [0.4, 0.5) is 0 Å². The van der Waals surface area contributed by atoms with Crippen LogP contribution in [0.2, 0.25) is 0 Å². The summed E-state index contributed by atoms with van der Waals surface area (Å²) in [7, 11) is 0. The molecule has 0 spiro atoms. The summed E-state index contributed by atoms with van der Waals surface area (Å²) in [5.41, 5.74) is 0.753. The van der Waals surface area contributed by atoms with Crippen molar-refractivity contribution in [1.29, 1.82) is 0 Å². The number of esters is 1. The summed E-state index contributed by atoms with van der Waals surface area (Å²) in [6.45, 7) is 4.79. The molecule has 0 aliphatic heterocycles. The van der Waals surface area contributed by atoms with E-state index in [1.165, 1.54) is 18.9 Å². The molecule has 0 saturated carbocycles. The SMILES string of the molecule is CCCCC(CC)COC(=O)Cc1cc[c]c(O)c1. The molecule has 3 heteroatoms. The van der Waals surface area contributed by atoms with E-state index in [4.69, 9.17) is 4.74 Å². The average Bonchev–Trinajstić information content (AvgIpc) is 2.39. The van der Waals surface area contributed by atoms with Crippen LogP contribution in [-0.4, -0.2) is 17.7 Å². The summed E-state index contributed by atoms with van der Waals surface area (Å²) < 4.78 is 5.31. The third-order valence-electron chi connectivity index (χ3n) is 3.22. The molecule has 1 unspecified atom stereocenters. The first-order valence-electron chi connectivity index (χ1n) is 7.00. The fraction of sp³-hybridized carbons (Fsp3) is 0.562. The highest BCUT2D eigenvalue weighted by molar-refractivity contribution is 5.72. The minimum Gasteiger partial charge on any atom is -0.507 e. The molecule has 1 rings (SSSR count). The number of phenols is 1. The van der Waals surface area contributed by atoms with Gasteiger partial charge in [0, 0.05) is 6.07 Å². The van der Waals surface area contributed by atoms with Gasteiger partial charge in [-0.2, -0.15) is 0 Å². The Labute approximate surface area is 115 Å². The van der Waals surface area contributed by atoms with Crippen LogP contribution in [0.15, 0.2) is 18.2 Å². The van der Waals surface area contributed by atoms with Crippen LogP contribution in [-0.2, 0) is 16.0 Å². The largest absolute Gasteiger partial charge is 0.507 e. The Morgan fingerprint density at radius 1 is 1.47 bits per heavy atom. The van der Waals surface area contributed by atoms with Gasteiger partial charge in [-0.05, 0) is 24.0 Å². The zero-order valence-electron chi connectivity index (χ0n) is 11.8. The fourth-order valence-electron chi connectivity index (χ4n) is 1.94. The first-order valence-corrected chi connectivity index (χ1v) is 7.00. The lowest BCUT2D eigenvalue weighted by Gasteiger charge is -2.14. The summed E-state index contributed by atoms with van der Waals surface area (Å²) >= 11 is 0. The molecule has 0 aromatic heterocycles. The van der Waals surface area contributed by atoms with Gasteiger partial charge in [0.05, 0.1) is 13.0 Å². The second kappa shape index (κ2) is 8.57. The molecular formula is C16H23O3. The Hall–Kier alpha value is -1.51. The molecule has 0 amide bonds. The van der Waals surface area contributed by atoms with Crippen LogP contribution >= 0.6 is 0 Å². The maximum atomic E-state index is 11.7. The van der Waals surface area contributed by atoms with Crippen molar-refractivity contribution >= 4 is 5.97 Å². The van der Waals surface area contributed by atoms with E-state index < -0.39 is 0 Å².